The third-order valence-electron chi connectivity index (χ3n) is 5.38. The van der Waals surface area contributed by atoms with E-state index < -0.39 is 0 Å². The Morgan fingerprint density at radius 3 is 2.21 bits per heavy atom. The molecule has 6 nitrogen and oxygen atoms in total. The van der Waals surface area contributed by atoms with Gasteiger partial charge in [0.1, 0.15) is 11.5 Å². The van der Waals surface area contributed by atoms with Crippen LogP contribution in [-0.4, -0.2) is 31.3 Å². The summed E-state index contributed by atoms with van der Waals surface area (Å²) in [5.74, 6) is -0.261. The first-order valence-corrected chi connectivity index (χ1v) is 9.52. The molecule has 1 aliphatic heterocycles. The molecule has 1 aliphatic carbocycles. The van der Waals surface area contributed by atoms with E-state index in [1.807, 2.05) is 12.2 Å². The molecule has 1 fully saturated rings. The van der Waals surface area contributed by atoms with E-state index in [0.29, 0.717) is 35.6 Å². The van der Waals surface area contributed by atoms with Crippen LogP contribution in [0.4, 0.5) is 5.69 Å². The van der Waals surface area contributed by atoms with Crippen molar-refractivity contribution in [2.45, 2.75) is 12.8 Å². The average molecular weight is 391 g/mol. The van der Waals surface area contributed by atoms with Crippen molar-refractivity contribution in [1.82, 2.24) is 0 Å². The standard InChI is InChI=1S/C23H21NO5/c1-28-16-12-10-15(11-13-16)20(25)14-29-21-9-5-4-8-19(21)24-22(26)17-6-2-3-7-18(17)23(24)27/h2-5,8-13,17-18H,6-7,14H2,1H3/t17-,18-/m1/s1. The SMILES string of the molecule is COc1ccc(C(=O)COc2ccccc2N2C(=O)[C@@H]3CC=CC[C@H]3C2=O)cc1. The Balaban J connectivity index is 1.52. The van der Waals surface area contributed by atoms with Gasteiger partial charge in [0.25, 0.3) is 0 Å². The van der Waals surface area contributed by atoms with Gasteiger partial charge in [0, 0.05) is 5.56 Å². The van der Waals surface area contributed by atoms with E-state index in [4.69, 9.17) is 9.47 Å². The first kappa shape index (κ1) is 18.9. The molecule has 29 heavy (non-hydrogen) atoms. The van der Waals surface area contributed by atoms with Crippen molar-refractivity contribution in [3.8, 4) is 11.5 Å². The number of ether oxygens (including phenoxy) is 2. The van der Waals surface area contributed by atoms with Crippen molar-refractivity contribution in [2.75, 3.05) is 18.6 Å². The minimum atomic E-state index is -0.318. The molecule has 2 aromatic rings. The predicted molar refractivity (Wildman–Crippen MR) is 107 cm³/mol. The number of Topliss-reactive ketones (excluding diaryl/α,β-unsaturated/α-hetero) is 1. The molecule has 6 heteroatoms. The molecule has 0 aromatic heterocycles. The minimum absolute atomic E-state index is 0.200. The monoisotopic (exact) mass is 391 g/mol. The lowest BCUT2D eigenvalue weighted by Crippen LogP contribution is -2.31. The summed E-state index contributed by atoms with van der Waals surface area (Å²) in [6.07, 6.45) is 5.05. The van der Waals surface area contributed by atoms with Gasteiger partial charge in [-0.2, -0.15) is 0 Å². The molecule has 2 aromatic carbocycles. The Bertz CT molecular complexity index is 953. The van der Waals surface area contributed by atoms with Crippen molar-refractivity contribution < 1.29 is 23.9 Å². The van der Waals surface area contributed by atoms with Crippen molar-refractivity contribution in [1.29, 1.82) is 0 Å². The van der Waals surface area contributed by atoms with Crippen LogP contribution in [-0.2, 0) is 9.59 Å². The van der Waals surface area contributed by atoms with Gasteiger partial charge in [0.05, 0.1) is 24.6 Å². The number of imide groups is 1. The normalized spacial score (nSPS) is 20.5. The molecule has 0 unspecified atom stereocenters. The third-order valence-corrected chi connectivity index (χ3v) is 5.38. The summed E-state index contributed by atoms with van der Waals surface area (Å²) in [5.41, 5.74) is 0.883. The molecule has 0 radical (unpaired) electrons. The Kier molecular flexibility index (Phi) is 5.16. The van der Waals surface area contributed by atoms with Crippen LogP contribution in [0.25, 0.3) is 0 Å². The second kappa shape index (κ2) is 7.91. The maximum absolute atomic E-state index is 12.9. The lowest BCUT2D eigenvalue weighted by Gasteiger charge is -2.19. The molecule has 0 bridgehead atoms. The summed E-state index contributed by atoms with van der Waals surface area (Å²) in [5, 5.41) is 0. The highest BCUT2D eigenvalue weighted by atomic mass is 16.5. The largest absolute Gasteiger partial charge is 0.497 e. The number of nitrogens with zero attached hydrogens (tertiary/aromatic N) is 1. The molecule has 2 amide bonds. The van der Waals surface area contributed by atoms with E-state index in [2.05, 4.69) is 0 Å². The summed E-state index contributed by atoms with van der Waals surface area (Å²) in [6, 6.07) is 13.6. The van der Waals surface area contributed by atoms with Crippen LogP contribution in [0, 0.1) is 11.8 Å². The molecule has 2 aliphatic rings. The first-order chi connectivity index (χ1) is 14.1. The summed E-state index contributed by atoms with van der Waals surface area (Å²) in [7, 11) is 1.56. The van der Waals surface area contributed by atoms with Gasteiger partial charge in [-0.1, -0.05) is 24.3 Å². The smallest absolute Gasteiger partial charge is 0.238 e. The lowest BCUT2D eigenvalue weighted by molar-refractivity contribution is -0.122. The highest BCUT2D eigenvalue weighted by Crippen LogP contribution is 2.40. The molecule has 0 N–H and O–H groups in total. The maximum Gasteiger partial charge on any atom is 0.238 e. The Morgan fingerprint density at radius 2 is 1.59 bits per heavy atom. The van der Waals surface area contributed by atoms with E-state index in [1.54, 1.807) is 55.6 Å². The number of hydrogen-bond acceptors (Lipinski definition) is 5. The van der Waals surface area contributed by atoms with Gasteiger partial charge in [-0.3, -0.25) is 14.4 Å². The molecule has 1 saturated heterocycles. The zero-order valence-electron chi connectivity index (χ0n) is 16.0. The molecule has 148 valence electrons. The van der Waals surface area contributed by atoms with Gasteiger partial charge in [-0.15, -0.1) is 0 Å². The topological polar surface area (TPSA) is 72.9 Å². The predicted octanol–water partition coefficient (Wildman–Crippen LogP) is 3.41. The van der Waals surface area contributed by atoms with Gasteiger partial charge in [0.2, 0.25) is 11.8 Å². The highest BCUT2D eigenvalue weighted by Gasteiger charge is 2.48. The lowest BCUT2D eigenvalue weighted by atomic mass is 9.85. The maximum atomic E-state index is 12.9. The van der Waals surface area contributed by atoms with Crippen LogP contribution >= 0.6 is 0 Å². The van der Waals surface area contributed by atoms with Crippen LogP contribution in [0.5, 0.6) is 11.5 Å². The molecular weight excluding hydrogens is 370 g/mol. The van der Waals surface area contributed by atoms with Gasteiger partial charge >= 0.3 is 0 Å². The van der Waals surface area contributed by atoms with E-state index >= 15 is 0 Å². The number of methoxy groups -OCH3 is 1. The molecule has 0 spiro atoms. The van der Waals surface area contributed by atoms with Crippen LogP contribution in [0.2, 0.25) is 0 Å². The van der Waals surface area contributed by atoms with Gasteiger partial charge in [-0.25, -0.2) is 4.90 Å². The number of ketones is 1. The number of allylic oxidation sites excluding steroid dienone is 2. The quantitative estimate of drug-likeness (QED) is 0.429. The van der Waals surface area contributed by atoms with Crippen molar-refractivity contribution >= 4 is 23.3 Å². The Hall–Kier alpha value is -3.41. The molecular formula is C23H21NO5. The van der Waals surface area contributed by atoms with Crippen molar-refractivity contribution in [2.24, 2.45) is 11.8 Å². The number of carbonyl (C=O) groups is 3. The molecule has 2 atom stereocenters. The van der Waals surface area contributed by atoms with E-state index in [1.165, 1.54) is 4.90 Å². The highest BCUT2D eigenvalue weighted by molar-refractivity contribution is 6.22. The van der Waals surface area contributed by atoms with E-state index in [0.717, 1.165) is 0 Å². The zero-order valence-corrected chi connectivity index (χ0v) is 16.0. The van der Waals surface area contributed by atoms with E-state index in [9.17, 15) is 14.4 Å². The fraction of sp³-hybridized carbons (Fsp3) is 0.261. The molecule has 0 saturated carbocycles. The summed E-state index contributed by atoms with van der Waals surface area (Å²) in [6.45, 7) is -0.200. The summed E-state index contributed by atoms with van der Waals surface area (Å²) >= 11 is 0. The second-order valence-electron chi connectivity index (χ2n) is 7.08. The molecule has 4 rings (SSSR count). The summed E-state index contributed by atoms with van der Waals surface area (Å²) < 4.78 is 10.8. The van der Waals surface area contributed by atoms with Crippen molar-refractivity contribution in [3.63, 3.8) is 0 Å². The van der Waals surface area contributed by atoms with Gasteiger partial charge in [0.15, 0.2) is 12.4 Å². The average Bonchev–Trinajstić information content (AvgIpc) is 3.02. The third kappa shape index (κ3) is 3.53. The number of fused-ring (bicyclic) bond motifs is 1. The fourth-order valence-electron chi connectivity index (χ4n) is 3.81. The number of benzene rings is 2. The van der Waals surface area contributed by atoms with Gasteiger partial charge < -0.3 is 9.47 Å². The minimum Gasteiger partial charge on any atom is -0.497 e. The Morgan fingerprint density at radius 1 is 0.966 bits per heavy atom. The second-order valence-corrected chi connectivity index (χ2v) is 7.08. The number of anilines is 1. The number of para-hydroxylation sites is 2. The van der Waals surface area contributed by atoms with Crippen LogP contribution < -0.4 is 14.4 Å². The number of hydrogen-bond donors (Lipinski definition) is 0. The number of carbonyl (C=O) groups excluding carboxylic acids is 3. The van der Waals surface area contributed by atoms with Crippen molar-refractivity contribution in [3.05, 3.63) is 66.2 Å². The van der Waals surface area contributed by atoms with Crippen LogP contribution in [0.3, 0.4) is 0 Å². The fourth-order valence-corrected chi connectivity index (χ4v) is 3.81. The number of amides is 2. The van der Waals surface area contributed by atoms with Crippen LogP contribution in [0.15, 0.2) is 60.7 Å². The molecule has 1 heterocycles. The van der Waals surface area contributed by atoms with E-state index in [-0.39, 0.29) is 36.0 Å². The number of rotatable bonds is 6. The zero-order chi connectivity index (χ0) is 20.4. The van der Waals surface area contributed by atoms with Gasteiger partial charge in [-0.05, 0) is 49.2 Å². The summed E-state index contributed by atoms with van der Waals surface area (Å²) in [4.78, 5) is 39.4. The first-order valence-electron chi connectivity index (χ1n) is 9.52. The van der Waals surface area contributed by atoms with Crippen LogP contribution in [0.1, 0.15) is 23.2 Å². The Labute approximate surface area is 168 Å².